The first-order valence-corrected chi connectivity index (χ1v) is 19.9. The van der Waals surface area contributed by atoms with E-state index in [0.717, 1.165) is 32.4 Å². The van der Waals surface area contributed by atoms with Gasteiger partial charge in [0.2, 0.25) is 0 Å². The third kappa shape index (κ3) is 12.8. The molecule has 262 valence electrons. The highest BCUT2D eigenvalue weighted by molar-refractivity contribution is 8.31. The van der Waals surface area contributed by atoms with Crippen LogP contribution < -0.4 is 0 Å². The summed E-state index contributed by atoms with van der Waals surface area (Å²) < 4.78 is 9.09. The minimum Gasteiger partial charge on any atom is -0.508 e. The molecule has 0 aliphatic rings. The van der Waals surface area contributed by atoms with E-state index in [2.05, 4.69) is 144 Å². The van der Waals surface area contributed by atoms with E-state index in [-0.39, 0.29) is 10.9 Å². The van der Waals surface area contributed by atoms with Crippen molar-refractivity contribution in [3.8, 4) is 5.75 Å². The third-order valence-electron chi connectivity index (χ3n) is 7.54. The Morgan fingerprint density at radius 3 is 1.58 bits per heavy atom. The van der Waals surface area contributed by atoms with Gasteiger partial charge in [-0.15, -0.1) is 6.58 Å². The smallest absolute Gasteiger partial charge is 0.115 e. The summed E-state index contributed by atoms with van der Waals surface area (Å²) in [6.45, 7) is 25.2. The van der Waals surface area contributed by atoms with Crippen LogP contribution in [0.1, 0.15) is 91.8 Å². The van der Waals surface area contributed by atoms with Crippen molar-refractivity contribution in [1.82, 2.24) is 4.31 Å². The summed E-state index contributed by atoms with van der Waals surface area (Å²) in [5, 5.41) is 10.0. The Morgan fingerprint density at radius 2 is 1.19 bits per heavy atom. The van der Waals surface area contributed by atoms with E-state index in [0.29, 0.717) is 11.0 Å². The second-order valence-electron chi connectivity index (χ2n) is 12.9. The van der Waals surface area contributed by atoms with Crippen molar-refractivity contribution in [3.05, 3.63) is 139 Å². The van der Waals surface area contributed by atoms with Crippen LogP contribution >= 0.6 is 22.3 Å². The highest BCUT2D eigenvalue weighted by Gasteiger charge is 2.42. The van der Waals surface area contributed by atoms with E-state index in [1.807, 2.05) is 44.0 Å². The molecule has 0 aromatic heterocycles. The average Bonchev–Trinajstić information content (AvgIpc) is 3.09. The van der Waals surface area contributed by atoms with Crippen LogP contribution in [0.4, 0.5) is 0 Å². The molecule has 1 unspecified atom stereocenters. The summed E-state index contributed by atoms with van der Waals surface area (Å²) in [4.78, 5) is 2.58. The fourth-order valence-electron chi connectivity index (χ4n) is 5.29. The van der Waals surface area contributed by atoms with E-state index < -0.39 is 10.3 Å². The lowest BCUT2D eigenvalue weighted by molar-refractivity contribution is 0.265. The van der Waals surface area contributed by atoms with Gasteiger partial charge in [0.1, 0.15) is 5.75 Å². The maximum Gasteiger partial charge on any atom is 0.115 e. The van der Waals surface area contributed by atoms with Crippen molar-refractivity contribution in [2.45, 2.75) is 121 Å². The molecular formula is C43H61NO2S2. The van der Waals surface area contributed by atoms with E-state index in [1.165, 1.54) is 26.5 Å². The van der Waals surface area contributed by atoms with Gasteiger partial charge in [0.05, 0.1) is 6.10 Å². The lowest BCUT2D eigenvalue weighted by Crippen LogP contribution is -2.29. The van der Waals surface area contributed by atoms with Gasteiger partial charge in [-0.2, -0.15) is 0 Å². The van der Waals surface area contributed by atoms with E-state index in [1.54, 1.807) is 12.1 Å². The SMILES string of the molecule is C=CCCC(C)SN(Cc1ccc(O)cc1)Cc1ccc(CC)cc1.CC.CC(C)OS(c1ccccc1)(c1ccccc1)C(C)(C)C. The van der Waals surface area contributed by atoms with Crippen molar-refractivity contribution in [2.75, 3.05) is 0 Å². The molecule has 0 fully saturated rings. The van der Waals surface area contributed by atoms with E-state index in [4.69, 9.17) is 4.18 Å². The Morgan fingerprint density at radius 1 is 0.750 bits per heavy atom. The highest BCUT2D eigenvalue weighted by atomic mass is 32.3. The lowest BCUT2D eigenvalue weighted by atomic mass is 10.1. The number of allylic oxidation sites excluding steroid dienone is 1. The predicted octanol–water partition coefficient (Wildman–Crippen LogP) is 13.0. The number of aryl methyl sites for hydroxylation is 1. The Balaban J connectivity index is 0.000000321. The zero-order valence-corrected chi connectivity index (χ0v) is 32.6. The molecule has 0 bridgehead atoms. The van der Waals surface area contributed by atoms with Crippen LogP contribution in [0.5, 0.6) is 5.75 Å². The number of phenols is 1. The van der Waals surface area contributed by atoms with E-state index >= 15 is 0 Å². The molecule has 0 amide bonds. The molecule has 0 spiro atoms. The zero-order chi connectivity index (χ0) is 35.6. The van der Waals surface area contributed by atoms with E-state index in [9.17, 15) is 5.11 Å². The molecule has 0 saturated heterocycles. The molecule has 4 rings (SSSR count). The number of benzene rings is 4. The fraction of sp³-hybridized carbons (Fsp3) is 0.395. The summed E-state index contributed by atoms with van der Waals surface area (Å²) in [5.41, 5.74) is 3.92. The van der Waals surface area contributed by atoms with Crippen LogP contribution in [0.25, 0.3) is 0 Å². The minimum absolute atomic E-state index is 0.0139. The third-order valence-corrected chi connectivity index (χ3v) is 13.0. The normalized spacial score (nSPS) is 12.4. The van der Waals surface area contributed by atoms with Gasteiger partial charge in [-0.1, -0.05) is 129 Å². The van der Waals surface area contributed by atoms with Crippen molar-refractivity contribution in [1.29, 1.82) is 0 Å². The van der Waals surface area contributed by atoms with Crippen LogP contribution in [0.3, 0.4) is 0 Å². The summed E-state index contributed by atoms with van der Waals surface area (Å²) in [6, 6.07) is 37.8. The summed E-state index contributed by atoms with van der Waals surface area (Å²) in [6.07, 6.45) is 5.43. The van der Waals surface area contributed by atoms with Crippen molar-refractivity contribution >= 4 is 22.3 Å². The lowest BCUT2D eigenvalue weighted by Gasteiger charge is -2.51. The second kappa shape index (κ2) is 21.2. The topological polar surface area (TPSA) is 32.7 Å². The number of aromatic hydroxyl groups is 1. The molecule has 0 heterocycles. The molecule has 4 aromatic carbocycles. The molecule has 0 saturated carbocycles. The quantitative estimate of drug-likeness (QED) is 0.106. The number of hydrogen-bond donors (Lipinski definition) is 1. The summed E-state index contributed by atoms with van der Waals surface area (Å²) >= 11 is 1.91. The number of phenolic OH excluding ortho intramolecular Hbond substituents is 1. The van der Waals surface area contributed by atoms with Gasteiger partial charge < -0.3 is 9.29 Å². The van der Waals surface area contributed by atoms with Crippen LogP contribution in [-0.2, 0) is 23.7 Å². The molecule has 1 N–H and O–H groups in total. The average molecular weight is 688 g/mol. The van der Waals surface area contributed by atoms with Crippen molar-refractivity contribution in [3.63, 3.8) is 0 Å². The van der Waals surface area contributed by atoms with Crippen LogP contribution in [0.2, 0.25) is 0 Å². The minimum atomic E-state index is -1.57. The molecular weight excluding hydrogens is 627 g/mol. The maximum atomic E-state index is 9.49. The number of rotatable bonds is 14. The van der Waals surface area contributed by atoms with Gasteiger partial charge in [-0.3, -0.25) is 0 Å². The largest absolute Gasteiger partial charge is 0.508 e. The molecule has 0 aliphatic heterocycles. The molecule has 0 aliphatic carbocycles. The Hall–Kier alpha value is -2.96. The van der Waals surface area contributed by atoms with Gasteiger partial charge in [0.15, 0.2) is 0 Å². The predicted molar refractivity (Wildman–Crippen MR) is 214 cm³/mol. The molecule has 1 atom stereocenters. The Labute approximate surface area is 299 Å². The van der Waals surface area contributed by atoms with Crippen LogP contribution in [0.15, 0.2) is 132 Å². The number of nitrogens with zero attached hydrogens (tertiary/aromatic N) is 1. The first-order chi connectivity index (χ1) is 23.0. The second-order valence-corrected chi connectivity index (χ2v) is 17.9. The molecule has 4 aromatic rings. The standard InChI is InChI=1S/C22H29NOS.C19H26OS.C2H6/c1-4-6-7-18(3)25-23(17-21-12-14-22(24)15-13-21)16-20-10-8-19(5-2)9-11-20;1-16(2)20-21(19(3,4)5,17-12-8-6-9-13-17)18-14-10-7-11-15-18;1-2/h4,8-15,18,24H,1,5-7,16-17H2,2-3H3;6-16H,1-5H3;1-2H3. The van der Waals surface area contributed by atoms with Crippen molar-refractivity contribution in [2.24, 2.45) is 0 Å². The fourth-order valence-corrected chi connectivity index (χ4v) is 10.3. The van der Waals surface area contributed by atoms with Gasteiger partial charge in [0.25, 0.3) is 0 Å². The first-order valence-electron chi connectivity index (χ1n) is 17.5. The van der Waals surface area contributed by atoms with Gasteiger partial charge in [-0.05, 0) is 107 Å². The van der Waals surface area contributed by atoms with Gasteiger partial charge in [0, 0.05) is 32.9 Å². The highest BCUT2D eigenvalue weighted by Crippen LogP contribution is 2.71. The first kappa shape index (κ1) is 41.2. The van der Waals surface area contributed by atoms with Crippen molar-refractivity contribution < 1.29 is 9.29 Å². The summed E-state index contributed by atoms with van der Waals surface area (Å²) in [7, 11) is -1.57. The Bertz CT molecular complexity index is 1380. The molecule has 48 heavy (non-hydrogen) atoms. The molecule has 0 radical (unpaired) electrons. The van der Waals surface area contributed by atoms with Gasteiger partial charge in [-0.25, -0.2) is 4.31 Å². The Kier molecular flexibility index (Phi) is 18.2. The molecule has 3 nitrogen and oxygen atoms in total. The summed E-state index contributed by atoms with van der Waals surface area (Å²) in [5.74, 6) is 0.317. The molecule has 5 heteroatoms. The van der Waals surface area contributed by atoms with Crippen LogP contribution in [0, 0.1) is 0 Å². The number of hydrogen-bond acceptors (Lipinski definition) is 4. The van der Waals surface area contributed by atoms with Gasteiger partial charge >= 0.3 is 0 Å². The van der Waals surface area contributed by atoms with Crippen LogP contribution in [-0.4, -0.2) is 25.5 Å². The monoisotopic (exact) mass is 687 g/mol. The zero-order valence-electron chi connectivity index (χ0n) is 31.0. The maximum absolute atomic E-state index is 9.49.